The van der Waals surface area contributed by atoms with Crippen LogP contribution in [-0.2, 0) is 0 Å². The normalized spacial score (nSPS) is 16.1. The molecule has 6 nitrogen and oxygen atoms in total. The number of nitrogens with zero attached hydrogens (tertiary/aromatic N) is 3. The molecule has 1 aliphatic rings. The van der Waals surface area contributed by atoms with Gasteiger partial charge in [0, 0.05) is 16.3 Å². The molecule has 1 aromatic heterocycles. The van der Waals surface area contributed by atoms with Gasteiger partial charge in [0.2, 0.25) is 5.82 Å². The van der Waals surface area contributed by atoms with Crippen LogP contribution >= 0.6 is 11.6 Å². The number of rotatable bonds is 4. The molecule has 1 atom stereocenters. The van der Waals surface area contributed by atoms with Crippen LogP contribution in [0.5, 0.6) is 0 Å². The minimum atomic E-state index is -0.524. The number of urea groups is 1. The molecule has 0 radical (unpaired) electrons. The molecule has 2 amide bonds. The lowest BCUT2D eigenvalue weighted by Gasteiger charge is -2.35. The van der Waals surface area contributed by atoms with Crippen LogP contribution in [0.25, 0.3) is 17.0 Å². The average Bonchev–Trinajstić information content (AvgIpc) is 3.29. The summed E-state index contributed by atoms with van der Waals surface area (Å²) in [7, 11) is 0. The van der Waals surface area contributed by atoms with Crippen molar-refractivity contribution >= 4 is 28.9 Å². The van der Waals surface area contributed by atoms with Gasteiger partial charge in [-0.1, -0.05) is 64.8 Å². The summed E-state index contributed by atoms with van der Waals surface area (Å²) in [6.45, 7) is 3.82. The molecule has 0 saturated carbocycles. The van der Waals surface area contributed by atoms with E-state index in [1.54, 1.807) is 36.4 Å². The molecule has 3 aromatic carbocycles. The molecule has 2 heterocycles. The lowest BCUT2D eigenvalue weighted by Crippen LogP contribution is -2.46. The number of anilines is 1. The number of hydrogen-bond donors (Lipinski definition) is 1. The third-order valence-electron chi connectivity index (χ3n) is 5.70. The lowest BCUT2D eigenvalue weighted by atomic mass is 9.94. The molecule has 170 valence electrons. The monoisotopic (exact) mass is 474 g/mol. The number of hydrogen-bond acceptors (Lipinski definition) is 4. The third kappa shape index (κ3) is 4.06. The number of aryl methyl sites for hydroxylation is 1. The van der Waals surface area contributed by atoms with Crippen molar-refractivity contribution in [3.05, 3.63) is 106 Å². The van der Waals surface area contributed by atoms with Crippen LogP contribution in [0.15, 0.2) is 83.0 Å². The number of aromatic nitrogens is 2. The Morgan fingerprint density at radius 2 is 1.79 bits per heavy atom. The Labute approximate surface area is 200 Å². The fourth-order valence-electron chi connectivity index (χ4n) is 4.03. The first-order valence-corrected chi connectivity index (χ1v) is 11.0. The third-order valence-corrected chi connectivity index (χ3v) is 5.94. The van der Waals surface area contributed by atoms with E-state index in [1.807, 2.05) is 38.1 Å². The van der Waals surface area contributed by atoms with Crippen molar-refractivity contribution in [3.8, 4) is 11.4 Å². The van der Waals surface area contributed by atoms with Crippen LogP contribution in [0.1, 0.15) is 30.0 Å². The largest absolute Gasteiger partial charge is 0.334 e. The summed E-state index contributed by atoms with van der Waals surface area (Å²) in [5.74, 6) is 0.0897. The van der Waals surface area contributed by atoms with Gasteiger partial charge in [-0.05, 0) is 49.7 Å². The Hall–Kier alpha value is -3.97. The van der Waals surface area contributed by atoms with Gasteiger partial charge >= 0.3 is 6.03 Å². The van der Waals surface area contributed by atoms with Gasteiger partial charge in [-0.25, -0.2) is 9.18 Å². The van der Waals surface area contributed by atoms with Crippen LogP contribution in [0.4, 0.5) is 14.9 Å². The van der Waals surface area contributed by atoms with E-state index in [1.165, 1.54) is 17.0 Å². The highest BCUT2D eigenvalue weighted by Crippen LogP contribution is 2.39. The smallest absolute Gasteiger partial charge is 0.326 e. The summed E-state index contributed by atoms with van der Waals surface area (Å²) in [6.07, 6.45) is 0. The predicted octanol–water partition coefficient (Wildman–Crippen LogP) is 6.54. The summed E-state index contributed by atoms with van der Waals surface area (Å²) < 4.78 is 19.4. The van der Waals surface area contributed by atoms with Crippen molar-refractivity contribution < 1.29 is 13.7 Å². The highest BCUT2D eigenvalue weighted by molar-refractivity contribution is 6.31. The maximum absolute atomic E-state index is 13.7. The zero-order chi connectivity index (χ0) is 23.8. The van der Waals surface area contributed by atoms with Crippen molar-refractivity contribution in [1.82, 2.24) is 15.5 Å². The highest BCUT2D eigenvalue weighted by Gasteiger charge is 2.36. The van der Waals surface area contributed by atoms with Crippen molar-refractivity contribution in [2.24, 2.45) is 0 Å². The summed E-state index contributed by atoms with van der Waals surface area (Å²) in [4.78, 5) is 19.3. The van der Waals surface area contributed by atoms with E-state index in [-0.39, 0.29) is 17.7 Å². The van der Waals surface area contributed by atoms with Gasteiger partial charge in [-0.15, -0.1) is 0 Å². The first-order valence-electron chi connectivity index (χ1n) is 10.6. The first-order chi connectivity index (χ1) is 16.4. The lowest BCUT2D eigenvalue weighted by molar-refractivity contribution is 0.244. The minimum absolute atomic E-state index is 0.231. The molecule has 0 fully saturated rings. The number of amides is 2. The second kappa shape index (κ2) is 8.76. The Balaban J connectivity index is 1.66. The molecule has 0 spiro atoms. The Bertz CT molecular complexity index is 1410. The Morgan fingerprint density at radius 1 is 1.03 bits per heavy atom. The van der Waals surface area contributed by atoms with E-state index >= 15 is 0 Å². The number of allylic oxidation sites excluding steroid dienone is 1. The van der Waals surface area contributed by atoms with Crippen LogP contribution in [-0.4, -0.2) is 16.2 Å². The molecule has 1 unspecified atom stereocenters. The van der Waals surface area contributed by atoms with Gasteiger partial charge in [0.05, 0.1) is 17.3 Å². The van der Waals surface area contributed by atoms with E-state index in [0.29, 0.717) is 27.5 Å². The quantitative estimate of drug-likeness (QED) is 0.364. The molecule has 0 saturated heterocycles. The highest BCUT2D eigenvalue weighted by atomic mass is 35.5. The number of nitrogens with one attached hydrogen (secondary N) is 1. The number of benzene rings is 3. The minimum Gasteiger partial charge on any atom is -0.334 e. The SMILES string of the molecule is CC1=C(c2nc(-c3cccc(F)c3)no2)C(c2ccc(C)cc2)NC(=O)N1c1cccc(Cl)c1. The van der Waals surface area contributed by atoms with Crippen LogP contribution in [0.3, 0.4) is 0 Å². The molecule has 4 aromatic rings. The van der Waals surface area contributed by atoms with Crippen molar-refractivity contribution in [2.75, 3.05) is 4.90 Å². The van der Waals surface area contributed by atoms with Crippen LogP contribution in [0.2, 0.25) is 5.02 Å². The Morgan fingerprint density at radius 3 is 2.53 bits per heavy atom. The van der Waals surface area contributed by atoms with Gasteiger partial charge in [-0.2, -0.15) is 4.98 Å². The van der Waals surface area contributed by atoms with Crippen molar-refractivity contribution in [2.45, 2.75) is 19.9 Å². The molecule has 1 aliphatic heterocycles. The van der Waals surface area contributed by atoms with E-state index in [4.69, 9.17) is 16.1 Å². The summed E-state index contributed by atoms with van der Waals surface area (Å²) in [5, 5.41) is 7.63. The standard InChI is InChI=1S/C26H20ClFN4O2/c1-15-9-11-17(12-10-15)23-22(25-30-24(31-34-25)18-5-3-7-20(28)13-18)16(2)32(26(33)29-23)21-8-4-6-19(27)14-21/h3-14,23H,1-2H3,(H,29,33). The van der Waals surface area contributed by atoms with Crippen LogP contribution < -0.4 is 10.2 Å². The zero-order valence-corrected chi connectivity index (χ0v) is 19.2. The zero-order valence-electron chi connectivity index (χ0n) is 18.4. The van der Waals surface area contributed by atoms with Gasteiger partial charge < -0.3 is 9.84 Å². The van der Waals surface area contributed by atoms with Gasteiger partial charge in [0.15, 0.2) is 0 Å². The summed E-state index contributed by atoms with van der Waals surface area (Å²) in [5.41, 5.74) is 4.31. The molecule has 1 N–H and O–H groups in total. The van der Waals surface area contributed by atoms with Gasteiger partial charge in [0.25, 0.3) is 5.89 Å². The van der Waals surface area contributed by atoms with E-state index in [0.717, 1.165) is 11.1 Å². The first kappa shape index (κ1) is 21.9. The summed E-state index contributed by atoms with van der Waals surface area (Å²) >= 11 is 6.19. The van der Waals surface area contributed by atoms with Gasteiger partial charge in [-0.3, -0.25) is 4.90 Å². The van der Waals surface area contributed by atoms with Crippen molar-refractivity contribution in [1.29, 1.82) is 0 Å². The average molecular weight is 475 g/mol. The topological polar surface area (TPSA) is 71.3 Å². The van der Waals surface area contributed by atoms with Crippen LogP contribution in [0, 0.1) is 12.7 Å². The van der Waals surface area contributed by atoms with E-state index in [2.05, 4.69) is 15.5 Å². The van der Waals surface area contributed by atoms with E-state index in [9.17, 15) is 9.18 Å². The second-order valence-electron chi connectivity index (χ2n) is 8.04. The van der Waals surface area contributed by atoms with Gasteiger partial charge in [0.1, 0.15) is 5.82 Å². The number of halogens is 2. The second-order valence-corrected chi connectivity index (χ2v) is 8.48. The molecule has 5 rings (SSSR count). The maximum atomic E-state index is 13.7. The molecular formula is C26H20ClFN4O2. The molecule has 8 heteroatoms. The fourth-order valence-corrected chi connectivity index (χ4v) is 4.22. The van der Waals surface area contributed by atoms with E-state index < -0.39 is 11.9 Å². The number of carbonyl (C=O) groups is 1. The number of carbonyl (C=O) groups excluding carboxylic acids is 1. The molecular weight excluding hydrogens is 455 g/mol. The maximum Gasteiger partial charge on any atom is 0.326 e. The Kier molecular flexibility index (Phi) is 5.63. The molecule has 34 heavy (non-hydrogen) atoms. The summed E-state index contributed by atoms with van der Waals surface area (Å²) in [6, 6.07) is 20.0. The predicted molar refractivity (Wildman–Crippen MR) is 129 cm³/mol. The fraction of sp³-hybridized carbons (Fsp3) is 0.115. The molecule has 0 bridgehead atoms. The molecule has 0 aliphatic carbocycles. The van der Waals surface area contributed by atoms with Crippen molar-refractivity contribution in [3.63, 3.8) is 0 Å².